The van der Waals surface area contributed by atoms with Gasteiger partial charge in [0.25, 0.3) is 0 Å². The first-order valence-electron chi connectivity index (χ1n) is 22.7. The summed E-state index contributed by atoms with van der Waals surface area (Å²) in [6.07, 6.45) is -0.105. The first kappa shape index (κ1) is 51.9. The first-order valence-corrected chi connectivity index (χ1v) is 22.7. The minimum absolute atomic E-state index is 0. The molecule has 0 spiro atoms. The second-order valence-corrected chi connectivity index (χ2v) is 17.2. The van der Waals surface area contributed by atoms with E-state index in [1.54, 1.807) is 0 Å². The Morgan fingerprint density at radius 2 is 0.701 bits per heavy atom. The topological polar surface area (TPSA) is 58.9 Å². The summed E-state index contributed by atoms with van der Waals surface area (Å²) < 4.78 is 13.6. The summed E-state index contributed by atoms with van der Waals surface area (Å²) in [5, 5.41) is 23.8. The van der Waals surface area contributed by atoms with Crippen LogP contribution in [0.1, 0.15) is 66.8 Å². The van der Waals surface area contributed by atoms with Crippen molar-refractivity contribution in [3.63, 3.8) is 0 Å². The van der Waals surface area contributed by atoms with Crippen molar-refractivity contribution in [2.75, 3.05) is 0 Å². The average Bonchev–Trinajstić information content (AvgIpc) is 3.30. The maximum absolute atomic E-state index is 11.9. The molecule has 0 amide bonds. The molecule has 4 nitrogen and oxygen atoms in total. The summed E-state index contributed by atoms with van der Waals surface area (Å²) in [6, 6.07) is 60.6. The summed E-state index contributed by atoms with van der Waals surface area (Å²) in [5.41, 5.74) is 16.4. The van der Waals surface area contributed by atoms with Crippen LogP contribution in [0, 0.1) is 55.4 Å². The average molecular weight is 964 g/mol. The molecule has 67 heavy (non-hydrogen) atoms. The van der Waals surface area contributed by atoms with Gasteiger partial charge in [-0.3, -0.25) is 0 Å². The van der Waals surface area contributed by atoms with E-state index < -0.39 is 12.2 Å². The van der Waals surface area contributed by atoms with E-state index in [0.717, 1.165) is 77.9 Å². The number of hydrogen-bond donors (Lipinski definition) is 2. The molecule has 8 rings (SSSR count). The van der Waals surface area contributed by atoms with E-state index in [0.29, 0.717) is 26.1 Å². The summed E-state index contributed by atoms with van der Waals surface area (Å²) in [5.74, 6) is 0.505. The van der Waals surface area contributed by atoms with Crippen LogP contribution in [0.4, 0.5) is 0 Å². The van der Waals surface area contributed by atoms with Gasteiger partial charge in [-0.05, 0) is 97.2 Å². The van der Waals surface area contributed by atoms with Gasteiger partial charge in [-0.25, -0.2) is 0 Å². The molecule has 0 aromatic heterocycles. The van der Waals surface area contributed by atoms with Crippen LogP contribution >= 0.6 is 0 Å². The Labute approximate surface area is 419 Å². The molecule has 8 aromatic carbocycles. The second kappa shape index (κ2) is 25.7. The molecule has 0 heterocycles. The standard InChI is InChI=1S/C48H50O4.2C7H7.Zr/c1-31-23-33(3)45(34(4)24-31)41-21-13-19-39(47(41)49)27-43(51-29-37-15-9-7-10-16-37)44(52-30-38-17-11-8-12-18-38)28-40-20-14-22-42(48(40)50)46-35(5)25-32(2)26-36(46)6;2*1-7-5-3-2-4-6-7;/h7-26,43-44,49-50H,27-30H2,1-6H3;2*2-6H,1H2;/q;2*-1;+2. The van der Waals surface area contributed by atoms with Gasteiger partial charge in [0.05, 0.1) is 25.4 Å². The van der Waals surface area contributed by atoms with Gasteiger partial charge in [0.2, 0.25) is 0 Å². The minimum atomic E-state index is -0.462. The van der Waals surface area contributed by atoms with Crippen molar-refractivity contribution in [1.82, 2.24) is 0 Å². The monoisotopic (exact) mass is 962 g/mol. The fourth-order valence-corrected chi connectivity index (χ4v) is 8.67. The van der Waals surface area contributed by atoms with Crippen LogP contribution in [0.3, 0.4) is 0 Å². The maximum Gasteiger partial charge on any atom is 2.00 e. The molecule has 2 atom stereocenters. The molecule has 0 saturated heterocycles. The normalized spacial score (nSPS) is 11.5. The Balaban J connectivity index is 0.000000477. The van der Waals surface area contributed by atoms with E-state index in [1.165, 1.54) is 11.1 Å². The summed E-state index contributed by atoms with van der Waals surface area (Å²) in [7, 11) is 0. The van der Waals surface area contributed by atoms with Crippen LogP contribution in [0.15, 0.2) is 182 Å². The number of aromatic hydroxyl groups is 2. The second-order valence-electron chi connectivity index (χ2n) is 17.2. The van der Waals surface area contributed by atoms with Crippen LogP contribution in [0.5, 0.6) is 11.5 Å². The SMILES string of the molecule is Cc1cc(C)c(-c2cccc(CC(OCc3ccccc3)C(Cc3cccc(-c4c(C)cc(C)cc4C)c3O)OCc3ccccc3)c2O)c(C)c1.[CH2-]c1ccccc1.[CH2-]c1ccccc1.[Zr+2]. The summed E-state index contributed by atoms with van der Waals surface area (Å²) >= 11 is 0. The van der Waals surface area contributed by atoms with Crippen molar-refractivity contribution >= 4 is 0 Å². The van der Waals surface area contributed by atoms with Gasteiger partial charge >= 0.3 is 26.2 Å². The Hall–Kier alpha value is -6.10. The zero-order valence-corrected chi connectivity index (χ0v) is 42.4. The van der Waals surface area contributed by atoms with E-state index in [2.05, 4.69) is 104 Å². The van der Waals surface area contributed by atoms with Crippen LogP contribution in [-0.4, -0.2) is 22.4 Å². The van der Waals surface area contributed by atoms with Gasteiger partial charge in [-0.1, -0.05) is 145 Å². The molecule has 8 aromatic rings. The van der Waals surface area contributed by atoms with E-state index in [-0.39, 0.29) is 37.7 Å². The molecular formula is C62H64O4Zr. The van der Waals surface area contributed by atoms with Crippen molar-refractivity contribution in [3.8, 4) is 33.8 Å². The van der Waals surface area contributed by atoms with Crippen molar-refractivity contribution in [3.05, 3.63) is 263 Å². The van der Waals surface area contributed by atoms with Crippen molar-refractivity contribution < 1.29 is 45.9 Å². The molecule has 0 fully saturated rings. The van der Waals surface area contributed by atoms with E-state index in [1.807, 2.05) is 133 Å². The Morgan fingerprint density at radius 1 is 0.403 bits per heavy atom. The Kier molecular flexibility index (Phi) is 19.9. The van der Waals surface area contributed by atoms with Gasteiger partial charge in [-0.15, -0.1) is 24.3 Å². The summed E-state index contributed by atoms with van der Waals surface area (Å²) in [6.45, 7) is 20.8. The number of benzene rings is 8. The zero-order chi connectivity index (χ0) is 47.0. The smallest absolute Gasteiger partial charge is 0.507 e. The van der Waals surface area contributed by atoms with Crippen molar-refractivity contribution in [2.45, 2.75) is 79.8 Å². The first-order chi connectivity index (χ1) is 31.9. The van der Waals surface area contributed by atoms with E-state index in [9.17, 15) is 10.2 Å². The van der Waals surface area contributed by atoms with Gasteiger partial charge in [0.1, 0.15) is 11.5 Å². The van der Waals surface area contributed by atoms with E-state index >= 15 is 0 Å². The van der Waals surface area contributed by atoms with Gasteiger partial charge in [-0.2, -0.15) is 49.2 Å². The molecule has 2 unspecified atom stereocenters. The molecule has 0 aliphatic heterocycles. The van der Waals surface area contributed by atoms with Gasteiger partial charge < -0.3 is 19.7 Å². The minimum Gasteiger partial charge on any atom is -0.507 e. The summed E-state index contributed by atoms with van der Waals surface area (Å²) in [4.78, 5) is 0. The molecule has 0 bridgehead atoms. The number of aryl methyl sites for hydroxylation is 6. The fourth-order valence-electron chi connectivity index (χ4n) is 8.67. The molecule has 0 aliphatic rings. The molecule has 0 aliphatic carbocycles. The molecule has 0 radical (unpaired) electrons. The van der Waals surface area contributed by atoms with Crippen LogP contribution in [0.25, 0.3) is 22.3 Å². The zero-order valence-electron chi connectivity index (χ0n) is 39.9. The third-order valence-corrected chi connectivity index (χ3v) is 11.7. The largest absolute Gasteiger partial charge is 2.00 e. The number of para-hydroxylation sites is 2. The third kappa shape index (κ3) is 15.0. The molecule has 340 valence electrons. The van der Waals surface area contributed by atoms with Crippen molar-refractivity contribution in [2.24, 2.45) is 0 Å². The number of phenolic OH excluding ortho intramolecular Hbond substituents is 2. The Bertz CT molecular complexity index is 2510. The predicted molar refractivity (Wildman–Crippen MR) is 275 cm³/mol. The molecule has 0 saturated carbocycles. The van der Waals surface area contributed by atoms with Gasteiger partial charge in [0, 0.05) is 24.0 Å². The predicted octanol–water partition coefficient (Wildman–Crippen LogP) is 15.0. The third-order valence-electron chi connectivity index (χ3n) is 11.7. The molecule has 5 heteroatoms. The quantitative estimate of drug-likeness (QED) is 0.113. The fraction of sp³-hybridized carbons (Fsp3) is 0.194. The molecule has 2 N–H and O–H groups in total. The van der Waals surface area contributed by atoms with Gasteiger partial charge in [0.15, 0.2) is 0 Å². The van der Waals surface area contributed by atoms with Crippen LogP contribution in [0.2, 0.25) is 0 Å². The number of ether oxygens (including phenoxy) is 2. The van der Waals surface area contributed by atoms with Crippen LogP contribution in [-0.2, 0) is 61.7 Å². The maximum atomic E-state index is 11.9. The van der Waals surface area contributed by atoms with Crippen molar-refractivity contribution in [1.29, 1.82) is 0 Å². The number of phenols is 2. The van der Waals surface area contributed by atoms with Crippen LogP contribution < -0.4 is 0 Å². The Morgan fingerprint density at radius 3 is 0.985 bits per heavy atom. The number of rotatable bonds is 13. The number of hydrogen-bond acceptors (Lipinski definition) is 4. The molecular weight excluding hydrogens is 900 g/mol. The van der Waals surface area contributed by atoms with E-state index in [4.69, 9.17) is 9.47 Å².